The zero-order valence-electron chi connectivity index (χ0n) is 46.9. The van der Waals surface area contributed by atoms with Gasteiger partial charge in [-0.25, -0.2) is 29.9 Å². The van der Waals surface area contributed by atoms with Crippen molar-refractivity contribution >= 4 is 112 Å². The summed E-state index contributed by atoms with van der Waals surface area (Å²) in [5.41, 5.74) is 11.6. The largest absolute Gasteiger partial charge is 0.494 e. The van der Waals surface area contributed by atoms with E-state index in [9.17, 15) is 0 Å². The predicted octanol–water partition coefficient (Wildman–Crippen LogP) is 18.3. The number of furan rings is 4. The van der Waals surface area contributed by atoms with Crippen molar-refractivity contribution in [2.45, 2.75) is 38.9 Å². The van der Waals surface area contributed by atoms with E-state index < -0.39 is 18.3 Å². The van der Waals surface area contributed by atoms with Gasteiger partial charge in [0.05, 0.1) is 11.2 Å². The molecule has 12 nitrogen and oxygen atoms in total. The topological polar surface area (TPSA) is 148 Å². The molecule has 10 aromatic carbocycles. The molecular formula is C72H48BClN6O6. The highest BCUT2D eigenvalue weighted by Crippen LogP contribution is 2.40. The highest BCUT2D eigenvalue weighted by molar-refractivity contribution is 6.62. The summed E-state index contributed by atoms with van der Waals surface area (Å²) in [6.07, 6.45) is 0. The maximum Gasteiger partial charge on any atom is 0.494 e. The molecule has 0 saturated carbocycles. The molecule has 0 radical (unpaired) electrons. The van der Waals surface area contributed by atoms with Gasteiger partial charge in [0.1, 0.15) is 44.7 Å². The van der Waals surface area contributed by atoms with E-state index in [-0.39, 0.29) is 0 Å². The number of halogens is 1. The number of nitrogens with zero attached hydrogens (tertiary/aromatic N) is 6. The maximum absolute atomic E-state index is 6.36. The molecule has 16 aromatic rings. The summed E-state index contributed by atoms with van der Waals surface area (Å²) < 4.78 is 37.4. The molecule has 0 bridgehead atoms. The third-order valence-corrected chi connectivity index (χ3v) is 16.8. The van der Waals surface area contributed by atoms with Crippen LogP contribution in [-0.2, 0) is 9.31 Å². The van der Waals surface area contributed by atoms with Crippen LogP contribution in [0.3, 0.4) is 0 Å². The molecule has 7 heterocycles. The predicted molar refractivity (Wildman–Crippen MR) is 342 cm³/mol. The molecule has 86 heavy (non-hydrogen) atoms. The van der Waals surface area contributed by atoms with Crippen LogP contribution in [0.4, 0.5) is 0 Å². The van der Waals surface area contributed by atoms with Crippen molar-refractivity contribution in [1.82, 2.24) is 29.9 Å². The average molecular weight is 1140 g/mol. The molecule has 1 fully saturated rings. The van der Waals surface area contributed by atoms with Gasteiger partial charge >= 0.3 is 7.12 Å². The molecule has 0 atom stereocenters. The molecule has 0 spiro atoms. The first-order chi connectivity index (χ1) is 41.9. The van der Waals surface area contributed by atoms with Crippen LogP contribution in [0.2, 0.25) is 5.02 Å². The zero-order chi connectivity index (χ0) is 57.8. The van der Waals surface area contributed by atoms with Gasteiger partial charge in [0.15, 0.2) is 34.9 Å². The summed E-state index contributed by atoms with van der Waals surface area (Å²) in [5, 5.41) is 8.91. The van der Waals surface area contributed by atoms with Crippen LogP contribution in [0.1, 0.15) is 27.7 Å². The fourth-order valence-corrected chi connectivity index (χ4v) is 11.6. The molecule has 1 aliphatic rings. The van der Waals surface area contributed by atoms with Crippen LogP contribution < -0.4 is 5.46 Å². The molecule has 14 heteroatoms. The summed E-state index contributed by atoms with van der Waals surface area (Å²) in [7, 11) is -0.451. The Bertz CT molecular complexity index is 5350. The van der Waals surface area contributed by atoms with E-state index in [0.29, 0.717) is 40.0 Å². The van der Waals surface area contributed by atoms with Crippen molar-refractivity contribution in [2.24, 2.45) is 0 Å². The minimum Gasteiger partial charge on any atom is -0.456 e. The van der Waals surface area contributed by atoms with Gasteiger partial charge in [-0.2, -0.15) is 0 Å². The van der Waals surface area contributed by atoms with Crippen LogP contribution in [0, 0.1) is 0 Å². The van der Waals surface area contributed by atoms with Crippen molar-refractivity contribution in [3.8, 4) is 68.3 Å². The molecule has 17 rings (SSSR count). The molecule has 0 unspecified atom stereocenters. The van der Waals surface area contributed by atoms with Gasteiger partial charge < -0.3 is 27.0 Å². The van der Waals surface area contributed by atoms with Crippen LogP contribution >= 0.6 is 11.6 Å². The first kappa shape index (κ1) is 51.3. The van der Waals surface area contributed by atoms with E-state index >= 15 is 0 Å². The van der Waals surface area contributed by atoms with Crippen LogP contribution in [0.5, 0.6) is 0 Å². The quantitative estimate of drug-likeness (QED) is 0.140. The standard InChI is InChI=1S/C39H30BN3O4.C33H18ClN3O2/c1-38(2)39(3,4)47-40(46-38)26-16-19-32-30(22-26)29-18-15-25(21-34(29)45-32)37-42-35(23-10-6-5-7-11-23)41-36(43-37)24-14-17-28-27-12-8-9-13-31(27)44-33(28)20-24;34-22-12-15-28-26(18-22)25-14-11-21(17-30(25)39-28)33-36-31(19-6-2-1-3-7-19)35-32(37-33)20-10-13-24-23-8-4-5-9-27(23)38-29(24)16-20/h5-22H,1-4H3;1-18H. The smallest absolute Gasteiger partial charge is 0.456 e. The van der Waals surface area contributed by atoms with Gasteiger partial charge in [0.25, 0.3) is 0 Å². The number of para-hydroxylation sites is 2. The lowest BCUT2D eigenvalue weighted by Crippen LogP contribution is -2.41. The van der Waals surface area contributed by atoms with E-state index in [0.717, 1.165) is 127 Å². The summed E-state index contributed by atoms with van der Waals surface area (Å²) in [4.78, 5) is 29.5. The van der Waals surface area contributed by atoms with Gasteiger partial charge in [-0.05, 0) is 118 Å². The highest BCUT2D eigenvalue weighted by Gasteiger charge is 2.51. The number of fused-ring (bicyclic) bond motifs is 12. The lowest BCUT2D eigenvalue weighted by Gasteiger charge is -2.32. The number of hydrogen-bond donors (Lipinski definition) is 0. The van der Waals surface area contributed by atoms with E-state index in [1.165, 1.54) is 0 Å². The summed E-state index contributed by atoms with van der Waals surface area (Å²) in [6.45, 7) is 8.25. The normalized spacial score (nSPS) is 13.9. The Morgan fingerprint density at radius 3 is 1.00 bits per heavy atom. The van der Waals surface area contributed by atoms with Gasteiger partial charge in [-0.3, -0.25) is 0 Å². The fourth-order valence-electron chi connectivity index (χ4n) is 11.4. The van der Waals surface area contributed by atoms with Crippen molar-refractivity contribution < 1.29 is 27.0 Å². The summed E-state index contributed by atoms with van der Waals surface area (Å²) in [6, 6.07) is 72.0. The van der Waals surface area contributed by atoms with Crippen molar-refractivity contribution in [2.75, 3.05) is 0 Å². The SMILES string of the molecule is CC1(C)OB(c2ccc3oc4cc(-c5nc(-c6ccccc6)nc(-c6ccc7c(c6)oc6ccccc67)n5)ccc4c3c2)OC1(C)C.Clc1ccc2oc3cc(-c4nc(-c5ccccc5)nc(-c5ccc6c(c5)oc5ccccc56)n4)ccc3c2c1. The van der Waals surface area contributed by atoms with Gasteiger partial charge in [0, 0.05) is 81.5 Å². The first-order valence-corrected chi connectivity index (χ1v) is 28.7. The summed E-state index contributed by atoms with van der Waals surface area (Å²) in [5.74, 6) is 3.43. The van der Waals surface area contributed by atoms with Gasteiger partial charge in [-0.1, -0.05) is 145 Å². The minimum atomic E-state index is -0.451. The Labute approximate surface area is 496 Å². The van der Waals surface area contributed by atoms with E-state index in [4.69, 9.17) is 68.5 Å². The Balaban J connectivity index is 0.000000142. The second-order valence-corrected chi connectivity index (χ2v) is 23.0. The van der Waals surface area contributed by atoms with Crippen LogP contribution in [0.25, 0.3) is 156 Å². The average Bonchev–Trinajstić information content (AvgIpc) is 2.79. The number of aromatic nitrogens is 6. The van der Waals surface area contributed by atoms with Crippen molar-refractivity contribution in [3.63, 3.8) is 0 Å². The van der Waals surface area contributed by atoms with Crippen LogP contribution in [-0.4, -0.2) is 48.2 Å². The van der Waals surface area contributed by atoms with Gasteiger partial charge in [0.2, 0.25) is 0 Å². The lowest BCUT2D eigenvalue weighted by atomic mass is 9.78. The Morgan fingerprint density at radius 2 is 0.593 bits per heavy atom. The number of hydrogen-bond acceptors (Lipinski definition) is 12. The van der Waals surface area contributed by atoms with E-state index in [1.54, 1.807) is 0 Å². The molecule has 1 aliphatic heterocycles. The molecule has 1 saturated heterocycles. The molecule has 0 amide bonds. The second kappa shape index (κ2) is 19.9. The fraction of sp³-hybridized carbons (Fsp3) is 0.0833. The van der Waals surface area contributed by atoms with Crippen molar-refractivity contribution in [3.05, 3.63) is 223 Å². The number of rotatable bonds is 7. The third-order valence-electron chi connectivity index (χ3n) is 16.6. The first-order valence-electron chi connectivity index (χ1n) is 28.3. The minimum absolute atomic E-state index is 0.417. The molecule has 6 aromatic heterocycles. The summed E-state index contributed by atoms with van der Waals surface area (Å²) >= 11 is 6.24. The molecule has 0 aliphatic carbocycles. The second-order valence-electron chi connectivity index (χ2n) is 22.6. The molecular weight excluding hydrogens is 1090 g/mol. The third kappa shape index (κ3) is 8.94. The van der Waals surface area contributed by atoms with Gasteiger partial charge in [-0.15, -0.1) is 0 Å². The number of benzene rings is 10. The highest BCUT2D eigenvalue weighted by atomic mass is 35.5. The van der Waals surface area contributed by atoms with Crippen molar-refractivity contribution in [1.29, 1.82) is 0 Å². The Morgan fingerprint density at radius 1 is 0.279 bits per heavy atom. The Hall–Kier alpha value is -10.3. The Kier molecular flexibility index (Phi) is 11.9. The monoisotopic (exact) mass is 1140 g/mol. The van der Waals surface area contributed by atoms with E-state index in [2.05, 4.69) is 64.1 Å². The lowest BCUT2D eigenvalue weighted by molar-refractivity contribution is 0.00578. The maximum atomic E-state index is 6.36. The zero-order valence-corrected chi connectivity index (χ0v) is 47.6. The molecule has 0 N–H and O–H groups in total. The van der Waals surface area contributed by atoms with E-state index in [1.807, 2.05) is 182 Å². The molecule has 412 valence electrons. The van der Waals surface area contributed by atoms with Crippen LogP contribution in [0.15, 0.2) is 236 Å².